The summed E-state index contributed by atoms with van der Waals surface area (Å²) in [6.07, 6.45) is 0. The second kappa shape index (κ2) is 10.9. The summed E-state index contributed by atoms with van der Waals surface area (Å²) in [5.41, 5.74) is 3.09. The molecule has 0 fully saturated rings. The van der Waals surface area contributed by atoms with E-state index in [-0.39, 0.29) is 24.4 Å². The molecule has 1 amide bonds. The summed E-state index contributed by atoms with van der Waals surface area (Å²) < 4.78 is 43.2. The van der Waals surface area contributed by atoms with Gasteiger partial charge in [0.15, 0.2) is 0 Å². The molecule has 4 rings (SSSR count). The molecule has 0 heterocycles. The normalized spacial score (nSPS) is 11.4. The molecule has 4 aromatic rings. The number of rotatable bonds is 8. The SMILES string of the molecule is O=C(NS(=O)(=O)N(Cc1ccc(F)cc1)Cc1cccc(-c2ccc(Cl)cc2)c1)c1ccc(O)cc1. The third-order valence-electron chi connectivity index (χ3n) is 5.43. The molecule has 0 radical (unpaired) electrons. The smallest absolute Gasteiger partial charge is 0.304 e. The van der Waals surface area contributed by atoms with E-state index in [0.717, 1.165) is 15.4 Å². The van der Waals surface area contributed by atoms with Gasteiger partial charge in [0.2, 0.25) is 0 Å². The molecule has 0 aliphatic heterocycles. The highest BCUT2D eigenvalue weighted by Gasteiger charge is 2.26. The summed E-state index contributed by atoms with van der Waals surface area (Å²) in [4.78, 5) is 12.6. The van der Waals surface area contributed by atoms with Crippen LogP contribution in [0.3, 0.4) is 0 Å². The van der Waals surface area contributed by atoms with E-state index in [1.54, 1.807) is 18.2 Å². The molecule has 2 N–H and O–H groups in total. The number of nitrogens with zero attached hydrogens (tertiary/aromatic N) is 1. The van der Waals surface area contributed by atoms with Crippen LogP contribution in [-0.2, 0) is 23.3 Å². The summed E-state index contributed by atoms with van der Waals surface area (Å²) in [7, 11) is -4.31. The first kappa shape index (κ1) is 25.4. The minimum Gasteiger partial charge on any atom is -0.508 e. The number of carbonyl (C=O) groups excluding carboxylic acids is 1. The second-order valence-electron chi connectivity index (χ2n) is 8.08. The zero-order valence-electron chi connectivity index (χ0n) is 18.9. The van der Waals surface area contributed by atoms with Crippen molar-refractivity contribution in [2.45, 2.75) is 13.1 Å². The van der Waals surface area contributed by atoms with Gasteiger partial charge in [-0.1, -0.05) is 54.1 Å². The maximum Gasteiger partial charge on any atom is 0.304 e. The van der Waals surface area contributed by atoms with E-state index in [2.05, 4.69) is 4.72 Å². The summed E-state index contributed by atoms with van der Waals surface area (Å²) in [6, 6.07) is 25.3. The van der Waals surface area contributed by atoms with Crippen LogP contribution in [0.1, 0.15) is 21.5 Å². The van der Waals surface area contributed by atoms with Crippen LogP contribution in [-0.4, -0.2) is 23.7 Å². The minimum absolute atomic E-state index is 0.0446. The quantitative estimate of drug-likeness (QED) is 0.317. The Balaban J connectivity index is 1.62. The number of phenolic OH excluding ortho intramolecular Hbond substituents is 1. The largest absolute Gasteiger partial charge is 0.508 e. The third-order valence-corrected chi connectivity index (χ3v) is 7.06. The highest BCUT2D eigenvalue weighted by atomic mass is 35.5. The second-order valence-corrected chi connectivity index (χ2v) is 10.2. The topological polar surface area (TPSA) is 86.7 Å². The van der Waals surface area contributed by atoms with Gasteiger partial charge in [0, 0.05) is 23.7 Å². The maximum atomic E-state index is 13.4. The zero-order valence-corrected chi connectivity index (χ0v) is 20.5. The van der Waals surface area contributed by atoms with Gasteiger partial charge in [-0.2, -0.15) is 12.7 Å². The Morgan fingerprint density at radius 3 is 2.14 bits per heavy atom. The van der Waals surface area contributed by atoms with Crippen LogP contribution in [0, 0.1) is 5.82 Å². The van der Waals surface area contributed by atoms with Crippen LogP contribution in [0.4, 0.5) is 4.39 Å². The highest BCUT2D eigenvalue weighted by Crippen LogP contribution is 2.24. The predicted molar refractivity (Wildman–Crippen MR) is 137 cm³/mol. The first-order valence-electron chi connectivity index (χ1n) is 10.9. The van der Waals surface area contributed by atoms with E-state index in [4.69, 9.17) is 11.6 Å². The number of nitrogens with one attached hydrogen (secondary N) is 1. The Kier molecular flexibility index (Phi) is 7.69. The van der Waals surface area contributed by atoms with Gasteiger partial charge in [0.1, 0.15) is 11.6 Å². The van der Waals surface area contributed by atoms with Gasteiger partial charge in [-0.05, 0) is 76.9 Å². The molecule has 0 saturated carbocycles. The van der Waals surface area contributed by atoms with Crippen LogP contribution in [0.2, 0.25) is 5.02 Å². The molecule has 36 heavy (non-hydrogen) atoms. The van der Waals surface area contributed by atoms with Crippen LogP contribution in [0.25, 0.3) is 11.1 Å². The lowest BCUT2D eigenvalue weighted by atomic mass is 10.0. The van der Waals surface area contributed by atoms with Crippen molar-refractivity contribution in [2.75, 3.05) is 0 Å². The standard InChI is InChI=1S/C27H22ClFN2O4S/c28-24-10-6-21(7-11-24)23-3-1-2-20(16-23)18-31(17-19-4-12-25(29)13-5-19)36(34,35)30-27(33)22-8-14-26(32)15-9-22/h1-16,32H,17-18H2,(H,30,33). The molecular formula is C27H22ClFN2O4S. The lowest BCUT2D eigenvalue weighted by Gasteiger charge is -2.23. The van der Waals surface area contributed by atoms with E-state index >= 15 is 0 Å². The van der Waals surface area contributed by atoms with Gasteiger partial charge >= 0.3 is 10.2 Å². The van der Waals surface area contributed by atoms with Crippen LogP contribution < -0.4 is 4.72 Å². The lowest BCUT2D eigenvalue weighted by Crippen LogP contribution is -2.42. The monoisotopic (exact) mass is 524 g/mol. The molecule has 0 aliphatic rings. The molecule has 0 saturated heterocycles. The molecule has 0 bridgehead atoms. The van der Waals surface area contributed by atoms with Crippen molar-refractivity contribution in [3.05, 3.63) is 125 Å². The number of carbonyl (C=O) groups is 1. The number of hydrogen-bond acceptors (Lipinski definition) is 4. The fraction of sp³-hybridized carbons (Fsp3) is 0.0741. The molecule has 0 aliphatic carbocycles. The van der Waals surface area contributed by atoms with E-state index < -0.39 is 21.9 Å². The number of halogens is 2. The number of benzene rings is 4. The summed E-state index contributed by atoms with van der Waals surface area (Å²) >= 11 is 5.99. The lowest BCUT2D eigenvalue weighted by molar-refractivity contribution is 0.0978. The zero-order chi connectivity index (χ0) is 25.7. The molecule has 0 spiro atoms. The van der Waals surface area contributed by atoms with Gasteiger partial charge in [-0.25, -0.2) is 9.11 Å². The molecule has 9 heteroatoms. The number of aromatic hydroxyl groups is 1. The van der Waals surface area contributed by atoms with Gasteiger partial charge in [-0.3, -0.25) is 4.79 Å². The van der Waals surface area contributed by atoms with Gasteiger partial charge in [0.05, 0.1) is 0 Å². The van der Waals surface area contributed by atoms with Crippen LogP contribution >= 0.6 is 11.6 Å². The van der Waals surface area contributed by atoms with Crippen molar-refractivity contribution in [1.29, 1.82) is 0 Å². The Morgan fingerprint density at radius 1 is 0.833 bits per heavy atom. The van der Waals surface area contributed by atoms with E-state index in [9.17, 15) is 22.7 Å². The summed E-state index contributed by atoms with van der Waals surface area (Å²) in [5.74, 6) is -1.33. The minimum atomic E-state index is -4.31. The van der Waals surface area contributed by atoms with Gasteiger partial charge in [-0.15, -0.1) is 0 Å². The summed E-state index contributed by atoms with van der Waals surface area (Å²) in [5, 5.41) is 10.0. The predicted octanol–water partition coefficient (Wildman–Crippen LogP) is 5.53. The maximum absolute atomic E-state index is 13.4. The van der Waals surface area contributed by atoms with Crippen molar-refractivity contribution in [3.8, 4) is 16.9 Å². The van der Waals surface area contributed by atoms with Crippen molar-refractivity contribution < 1.29 is 22.7 Å². The average Bonchev–Trinajstić information content (AvgIpc) is 2.85. The molecule has 184 valence electrons. The van der Waals surface area contributed by atoms with E-state index in [1.165, 1.54) is 48.5 Å². The Bertz CT molecular complexity index is 1460. The van der Waals surface area contributed by atoms with Gasteiger partial charge in [0.25, 0.3) is 5.91 Å². The molecule has 0 atom stereocenters. The fourth-order valence-corrected chi connectivity index (χ4v) is 4.81. The third kappa shape index (κ3) is 6.48. The first-order chi connectivity index (χ1) is 17.2. The fourth-order valence-electron chi connectivity index (χ4n) is 3.57. The molecule has 0 aromatic heterocycles. The molecule has 0 unspecified atom stereocenters. The van der Waals surface area contributed by atoms with Crippen LogP contribution in [0.5, 0.6) is 5.75 Å². The Morgan fingerprint density at radius 2 is 1.47 bits per heavy atom. The van der Waals surface area contributed by atoms with E-state index in [0.29, 0.717) is 16.1 Å². The van der Waals surface area contributed by atoms with Crippen molar-refractivity contribution in [1.82, 2.24) is 9.03 Å². The average molecular weight is 525 g/mol. The first-order valence-corrected chi connectivity index (χ1v) is 12.7. The Labute approximate surface area is 213 Å². The highest BCUT2D eigenvalue weighted by molar-refractivity contribution is 7.87. The Hall–Kier alpha value is -3.72. The van der Waals surface area contributed by atoms with Crippen molar-refractivity contribution >= 4 is 27.7 Å². The number of phenols is 1. The van der Waals surface area contributed by atoms with E-state index in [1.807, 2.05) is 30.3 Å². The van der Waals surface area contributed by atoms with Gasteiger partial charge < -0.3 is 5.11 Å². The number of amides is 1. The molecular weight excluding hydrogens is 503 g/mol. The molecule has 6 nitrogen and oxygen atoms in total. The number of hydrogen-bond donors (Lipinski definition) is 2. The summed E-state index contributed by atoms with van der Waals surface area (Å²) in [6.45, 7) is -0.138. The van der Waals surface area contributed by atoms with Crippen molar-refractivity contribution in [3.63, 3.8) is 0 Å². The van der Waals surface area contributed by atoms with Crippen molar-refractivity contribution in [2.24, 2.45) is 0 Å². The van der Waals surface area contributed by atoms with Crippen LogP contribution in [0.15, 0.2) is 97.1 Å². The molecule has 4 aromatic carbocycles.